The molecule has 2 aliphatic rings. The summed E-state index contributed by atoms with van der Waals surface area (Å²) >= 11 is 0. The van der Waals surface area contributed by atoms with E-state index in [2.05, 4.69) is 40.8 Å². The molecule has 1 aliphatic carbocycles. The van der Waals surface area contributed by atoms with Gasteiger partial charge in [-0.05, 0) is 56.8 Å². The lowest BCUT2D eigenvalue weighted by Crippen LogP contribution is -2.49. The zero-order chi connectivity index (χ0) is 27.4. The van der Waals surface area contributed by atoms with Gasteiger partial charge in [0.05, 0.1) is 31.5 Å². The largest absolute Gasteiger partial charge is 0.475 e. The van der Waals surface area contributed by atoms with Crippen molar-refractivity contribution in [1.82, 2.24) is 0 Å². The number of phosphoric acid groups is 1. The number of hydrogen-bond donors (Lipinski definition) is 0. The molecule has 10 heteroatoms. The molecule has 0 N–H and O–H groups in total. The molecule has 8 nitrogen and oxygen atoms in total. The van der Waals surface area contributed by atoms with Crippen LogP contribution in [0.15, 0.2) is 24.0 Å². The maximum atomic E-state index is 13.4. The summed E-state index contributed by atoms with van der Waals surface area (Å²) in [5.41, 5.74) is 0. The van der Waals surface area contributed by atoms with Crippen molar-refractivity contribution in [3.63, 3.8) is 0 Å². The fraction of sp³-hybridized carbons (Fsp3) is 0.808. The van der Waals surface area contributed by atoms with Crippen molar-refractivity contribution >= 4 is 22.1 Å². The lowest BCUT2D eigenvalue weighted by atomic mass is 9.78. The first-order chi connectivity index (χ1) is 16.5. The minimum absolute atomic E-state index is 0.0447. The SMILES string of the molecule is CCOP(=O)(OCC)OC(/C=C/C1=CC(=O)OC(C)(C)O1)C1CCC(C)CC1O[Si](C)(C)C(C)(C)C. The number of esters is 1. The lowest BCUT2D eigenvalue weighted by molar-refractivity contribution is -0.203. The Balaban J connectivity index is 2.44. The third kappa shape index (κ3) is 8.81. The third-order valence-corrected chi connectivity index (χ3v) is 13.2. The quantitative estimate of drug-likeness (QED) is 0.154. The molecule has 36 heavy (non-hydrogen) atoms. The van der Waals surface area contributed by atoms with Crippen LogP contribution in [0.4, 0.5) is 0 Å². The first-order valence-electron chi connectivity index (χ1n) is 13.1. The first-order valence-corrected chi connectivity index (χ1v) is 17.4. The maximum absolute atomic E-state index is 13.4. The maximum Gasteiger partial charge on any atom is 0.475 e. The smallest absolute Gasteiger partial charge is 0.453 e. The highest BCUT2D eigenvalue weighted by atomic mass is 31.2. The van der Waals surface area contributed by atoms with Gasteiger partial charge < -0.3 is 13.9 Å². The Morgan fingerprint density at radius 3 is 2.31 bits per heavy atom. The molecule has 0 aromatic carbocycles. The molecule has 0 radical (unpaired) electrons. The van der Waals surface area contributed by atoms with Crippen LogP contribution in [0.5, 0.6) is 0 Å². The zero-order valence-electron chi connectivity index (χ0n) is 23.8. The Bertz CT molecular complexity index is 850. The molecular weight excluding hydrogens is 499 g/mol. The Morgan fingerprint density at radius 2 is 1.78 bits per heavy atom. The molecule has 1 saturated carbocycles. The monoisotopic (exact) mass is 546 g/mol. The predicted octanol–water partition coefficient (Wildman–Crippen LogP) is 7.13. The van der Waals surface area contributed by atoms with Crippen LogP contribution in [0.3, 0.4) is 0 Å². The number of phosphoric ester groups is 1. The van der Waals surface area contributed by atoms with Crippen LogP contribution in [-0.2, 0) is 36.8 Å². The molecular formula is C26H47O8PSi. The van der Waals surface area contributed by atoms with Crippen molar-refractivity contribution in [3.05, 3.63) is 24.0 Å². The van der Waals surface area contributed by atoms with E-state index in [1.54, 1.807) is 39.8 Å². The Kier molecular flexibility index (Phi) is 10.6. The topological polar surface area (TPSA) is 89.5 Å². The van der Waals surface area contributed by atoms with Gasteiger partial charge in [-0.1, -0.05) is 40.2 Å². The van der Waals surface area contributed by atoms with Crippen LogP contribution in [0, 0.1) is 11.8 Å². The lowest BCUT2D eigenvalue weighted by Gasteiger charge is -2.45. The van der Waals surface area contributed by atoms with E-state index >= 15 is 0 Å². The number of cyclic esters (lactones) is 1. The zero-order valence-corrected chi connectivity index (χ0v) is 25.7. The Morgan fingerprint density at radius 1 is 1.17 bits per heavy atom. The van der Waals surface area contributed by atoms with E-state index in [-0.39, 0.29) is 30.3 Å². The van der Waals surface area contributed by atoms with Gasteiger partial charge in [0.2, 0.25) is 5.79 Å². The highest BCUT2D eigenvalue weighted by Gasteiger charge is 2.45. The fourth-order valence-corrected chi connectivity index (χ4v) is 6.97. The average molecular weight is 547 g/mol. The van der Waals surface area contributed by atoms with Gasteiger partial charge in [-0.15, -0.1) is 0 Å². The molecule has 1 aliphatic heterocycles. The predicted molar refractivity (Wildman–Crippen MR) is 143 cm³/mol. The van der Waals surface area contributed by atoms with Gasteiger partial charge in [0, 0.05) is 19.8 Å². The van der Waals surface area contributed by atoms with Crippen LogP contribution in [-0.4, -0.2) is 45.5 Å². The van der Waals surface area contributed by atoms with Crippen molar-refractivity contribution in [1.29, 1.82) is 0 Å². The second-order valence-corrected chi connectivity index (χ2v) is 18.1. The third-order valence-electron chi connectivity index (χ3n) is 7.02. The molecule has 1 heterocycles. The molecule has 0 aromatic rings. The van der Waals surface area contributed by atoms with Gasteiger partial charge in [-0.25, -0.2) is 9.36 Å². The van der Waals surface area contributed by atoms with Crippen LogP contribution < -0.4 is 0 Å². The normalized spacial score (nSPS) is 26.3. The highest BCUT2D eigenvalue weighted by Crippen LogP contribution is 2.53. The summed E-state index contributed by atoms with van der Waals surface area (Å²) in [6.45, 7) is 20.6. The summed E-state index contributed by atoms with van der Waals surface area (Å²) in [4.78, 5) is 12.0. The van der Waals surface area contributed by atoms with E-state index in [0.717, 1.165) is 19.3 Å². The second-order valence-electron chi connectivity index (χ2n) is 11.7. The Hall–Kier alpha value is -0.963. The average Bonchev–Trinajstić information content (AvgIpc) is 2.69. The van der Waals surface area contributed by atoms with Crippen LogP contribution in [0.25, 0.3) is 0 Å². The molecule has 4 unspecified atom stereocenters. The number of carbonyl (C=O) groups is 1. The summed E-state index contributed by atoms with van der Waals surface area (Å²) in [6.07, 6.45) is 6.76. The number of rotatable bonds is 11. The molecule has 2 rings (SSSR count). The van der Waals surface area contributed by atoms with Crippen LogP contribution >= 0.6 is 7.82 Å². The molecule has 4 atom stereocenters. The molecule has 0 saturated heterocycles. The van der Waals surface area contributed by atoms with Crippen LogP contribution in [0.1, 0.15) is 74.7 Å². The van der Waals surface area contributed by atoms with E-state index in [4.69, 9.17) is 27.5 Å². The van der Waals surface area contributed by atoms with Crippen molar-refractivity contribution in [2.75, 3.05) is 13.2 Å². The number of ether oxygens (including phenoxy) is 2. The van der Waals surface area contributed by atoms with Crippen molar-refractivity contribution < 1.29 is 36.8 Å². The van der Waals surface area contributed by atoms with E-state index in [1.807, 2.05) is 0 Å². The molecule has 0 aromatic heterocycles. The van der Waals surface area contributed by atoms with E-state index in [9.17, 15) is 9.36 Å². The van der Waals surface area contributed by atoms with Gasteiger partial charge in [-0.3, -0.25) is 13.6 Å². The summed E-state index contributed by atoms with van der Waals surface area (Å²) in [7, 11) is -5.91. The first kappa shape index (κ1) is 31.3. The van der Waals surface area contributed by atoms with Gasteiger partial charge in [0.15, 0.2) is 8.32 Å². The van der Waals surface area contributed by atoms with Gasteiger partial charge >= 0.3 is 13.8 Å². The summed E-state index contributed by atoms with van der Waals surface area (Å²) < 4.78 is 48.4. The standard InChI is InChI=1S/C26H47O8PSi/c1-11-29-35(28,30-12-2)33-22(16-14-20-18-24(27)32-26(7,8)31-20)21-15-13-19(3)17-23(21)34-36(9,10)25(4,5)6/h14,16,18-19,21-23H,11-13,15,17H2,1-10H3/b16-14+. The molecule has 208 valence electrons. The minimum Gasteiger partial charge on any atom is -0.453 e. The van der Waals surface area contributed by atoms with Gasteiger partial charge in [-0.2, -0.15) is 0 Å². The summed E-state index contributed by atoms with van der Waals surface area (Å²) in [5.74, 6) is -0.791. The van der Waals surface area contributed by atoms with Crippen molar-refractivity contribution in [3.8, 4) is 0 Å². The highest BCUT2D eigenvalue weighted by molar-refractivity contribution is 7.48. The van der Waals surface area contributed by atoms with Crippen molar-refractivity contribution in [2.45, 2.75) is 111 Å². The van der Waals surface area contributed by atoms with Crippen molar-refractivity contribution in [2.24, 2.45) is 11.8 Å². The molecule has 0 bridgehead atoms. The Labute approximate surface area is 218 Å². The van der Waals surface area contributed by atoms with Crippen LogP contribution in [0.2, 0.25) is 18.1 Å². The summed E-state index contributed by atoms with van der Waals surface area (Å²) in [6, 6.07) is 0. The van der Waals surface area contributed by atoms with Gasteiger partial charge in [0.25, 0.3) is 0 Å². The van der Waals surface area contributed by atoms with E-state index in [1.165, 1.54) is 6.08 Å². The second kappa shape index (κ2) is 12.3. The van der Waals surface area contributed by atoms with E-state index in [0.29, 0.717) is 11.7 Å². The molecule has 0 spiro atoms. The van der Waals surface area contributed by atoms with E-state index < -0.39 is 34.0 Å². The minimum atomic E-state index is -3.82. The number of hydrogen-bond acceptors (Lipinski definition) is 8. The summed E-state index contributed by atoms with van der Waals surface area (Å²) in [5, 5.41) is 0.0447. The van der Waals surface area contributed by atoms with Gasteiger partial charge in [0.1, 0.15) is 5.76 Å². The molecule has 0 amide bonds. The number of carbonyl (C=O) groups excluding carboxylic acids is 1. The fourth-order valence-electron chi connectivity index (χ4n) is 4.23. The molecule has 1 fully saturated rings. The number of allylic oxidation sites excluding steroid dienone is 1.